The average Bonchev–Trinajstić information content (AvgIpc) is 3.04. The Morgan fingerprint density at radius 1 is 1.35 bits per heavy atom. The third kappa shape index (κ3) is 2.87. The average molecular weight is 234 g/mol. The minimum absolute atomic E-state index is 0.831. The predicted molar refractivity (Wildman–Crippen MR) is 71.3 cm³/mol. The number of nitrogens with zero attached hydrogens (tertiary/aromatic N) is 2. The van der Waals surface area contributed by atoms with Crippen molar-refractivity contribution in [2.75, 3.05) is 24.2 Å². The Morgan fingerprint density at radius 3 is 2.65 bits per heavy atom. The fraction of sp³-hybridized carbons (Fsp3) is 0.692. The monoisotopic (exact) mass is 234 g/mol. The van der Waals surface area contributed by atoms with Gasteiger partial charge in [0.1, 0.15) is 18.0 Å². The molecule has 4 heteroatoms. The standard InChI is InChI=1S/C13H22N4/c1-4-5-11-12(14-3)16-8-17-13(11)15-7-10-6-9(10)2/h8-10H,4-7H2,1-3H3,(H2,14,15,16,17). The lowest BCUT2D eigenvalue weighted by molar-refractivity contribution is 0.780. The highest BCUT2D eigenvalue weighted by Gasteiger charge is 2.32. The first kappa shape index (κ1) is 12.1. The van der Waals surface area contributed by atoms with Crippen LogP contribution in [0.2, 0.25) is 0 Å². The van der Waals surface area contributed by atoms with Crippen LogP contribution in [0.4, 0.5) is 11.6 Å². The first-order chi connectivity index (χ1) is 8.26. The van der Waals surface area contributed by atoms with Crippen molar-refractivity contribution in [1.82, 2.24) is 9.97 Å². The van der Waals surface area contributed by atoms with Crippen LogP contribution in [-0.2, 0) is 6.42 Å². The fourth-order valence-corrected chi connectivity index (χ4v) is 2.18. The van der Waals surface area contributed by atoms with Crippen molar-refractivity contribution in [1.29, 1.82) is 0 Å². The summed E-state index contributed by atoms with van der Waals surface area (Å²) in [6, 6.07) is 0. The van der Waals surface area contributed by atoms with Crippen molar-refractivity contribution in [2.45, 2.75) is 33.1 Å². The highest BCUT2D eigenvalue weighted by molar-refractivity contribution is 5.57. The maximum absolute atomic E-state index is 4.37. The van der Waals surface area contributed by atoms with Crippen LogP contribution >= 0.6 is 0 Å². The van der Waals surface area contributed by atoms with Gasteiger partial charge in [0.05, 0.1) is 0 Å². The molecule has 0 aromatic carbocycles. The van der Waals surface area contributed by atoms with Crippen LogP contribution in [0.15, 0.2) is 6.33 Å². The van der Waals surface area contributed by atoms with Gasteiger partial charge in [-0.3, -0.25) is 0 Å². The van der Waals surface area contributed by atoms with Gasteiger partial charge >= 0.3 is 0 Å². The lowest BCUT2D eigenvalue weighted by Gasteiger charge is -2.13. The molecule has 1 aliphatic rings. The third-order valence-corrected chi connectivity index (χ3v) is 3.49. The molecular formula is C13H22N4. The van der Waals surface area contributed by atoms with Crippen molar-refractivity contribution in [3.8, 4) is 0 Å². The quantitative estimate of drug-likeness (QED) is 0.794. The van der Waals surface area contributed by atoms with Crippen molar-refractivity contribution in [3.63, 3.8) is 0 Å². The molecule has 0 radical (unpaired) electrons. The second-order valence-corrected chi connectivity index (χ2v) is 4.90. The largest absolute Gasteiger partial charge is 0.373 e. The number of hydrogen-bond acceptors (Lipinski definition) is 4. The molecule has 2 N–H and O–H groups in total. The highest BCUT2D eigenvalue weighted by atomic mass is 15.1. The second kappa shape index (κ2) is 5.34. The zero-order valence-electron chi connectivity index (χ0n) is 11.0. The first-order valence-electron chi connectivity index (χ1n) is 6.51. The molecule has 0 saturated heterocycles. The molecule has 2 rings (SSSR count). The number of rotatable bonds is 6. The van der Waals surface area contributed by atoms with E-state index in [0.29, 0.717) is 0 Å². The van der Waals surface area contributed by atoms with Crippen molar-refractivity contribution >= 4 is 11.6 Å². The van der Waals surface area contributed by atoms with Gasteiger partial charge in [-0.05, 0) is 24.7 Å². The van der Waals surface area contributed by atoms with Crippen molar-refractivity contribution in [2.24, 2.45) is 11.8 Å². The minimum Gasteiger partial charge on any atom is -0.373 e. The van der Waals surface area contributed by atoms with E-state index in [2.05, 4.69) is 34.4 Å². The molecule has 1 aromatic rings. The Kier molecular flexibility index (Phi) is 3.82. The lowest BCUT2D eigenvalue weighted by Crippen LogP contribution is -2.11. The summed E-state index contributed by atoms with van der Waals surface area (Å²) in [5.74, 6) is 3.67. The molecule has 0 spiro atoms. The van der Waals surface area contributed by atoms with E-state index in [1.54, 1.807) is 6.33 Å². The number of nitrogens with one attached hydrogen (secondary N) is 2. The summed E-state index contributed by atoms with van der Waals surface area (Å²) >= 11 is 0. The Hall–Kier alpha value is -1.32. The Balaban J connectivity index is 2.07. The molecule has 4 nitrogen and oxygen atoms in total. The van der Waals surface area contributed by atoms with Gasteiger partial charge < -0.3 is 10.6 Å². The van der Waals surface area contributed by atoms with Crippen molar-refractivity contribution in [3.05, 3.63) is 11.9 Å². The van der Waals surface area contributed by atoms with Crippen LogP contribution in [-0.4, -0.2) is 23.6 Å². The van der Waals surface area contributed by atoms with Gasteiger partial charge in [-0.15, -0.1) is 0 Å². The van der Waals surface area contributed by atoms with Crippen LogP contribution in [0.3, 0.4) is 0 Å². The van der Waals surface area contributed by atoms with Gasteiger partial charge in [-0.1, -0.05) is 20.3 Å². The van der Waals surface area contributed by atoms with Crippen LogP contribution in [0.5, 0.6) is 0 Å². The Morgan fingerprint density at radius 2 is 2.06 bits per heavy atom. The van der Waals surface area contributed by atoms with Gasteiger partial charge in [0, 0.05) is 19.2 Å². The van der Waals surface area contributed by atoms with E-state index in [-0.39, 0.29) is 0 Å². The van der Waals surface area contributed by atoms with Crippen LogP contribution < -0.4 is 10.6 Å². The SMILES string of the molecule is CCCc1c(NC)ncnc1NCC1CC1C. The van der Waals surface area contributed by atoms with E-state index in [1.165, 1.54) is 12.0 Å². The number of anilines is 2. The first-order valence-corrected chi connectivity index (χ1v) is 6.51. The summed E-state index contributed by atoms with van der Waals surface area (Å²) in [7, 11) is 1.91. The topological polar surface area (TPSA) is 49.8 Å². The maximum Gasteiger partial charge on any atom is 0.134 e. The van der Waals surface area contributed by atoms with Gasteiger partial charge in [0.25, 0.3) is 0 Å². The van der Waals surface area contributed by atoms with E-state index < -0.39 is 0 Å². The summed E-state index contributed by atoms with van der Waals surface area (Å²) in [4.78, 5) is 8.64. The maximum atomic E-state index is 4.37. The molecule has 0 amide bonds. The van der Waals surface area contributed by atoms with Gasteiger partial charge in [0.2, 0.25) is 0 Å². The number of hydrogen-bond donors (Lipinski definition) is 2. The Labute approximate surface area is 103 Å². The van der Waals surface area contributed by atoms with Crippen LogP contribution in [0.1, 0.15) is 32.3 Å². The molecule has 1 saturated carbocycles. The van der Waals surface area contributed by atoms with Crippen molar-refractivity contribution < 1.29 is 0 Å². The molecule has 1 aromatic heterocycles. The predicted octanol–water partition coefficient (Wildman–Crippen LogP) is 2.54. The zero-order valence-corrected chi connectivity index (χ0v) is 11.0. The van der Waals surface area contributed by atoms with E-state index in [1.807, 2.05) is 7.05 Å². The molecular weight excluding hydrogens is 212 g/mol. The number of aromatic nitrogens is 2. The summed E-state index contributed by atoms with van der Waals surface area (Å²) in [5.41, 5.74) is 1.21. The van der Waals surface area contributed by atoms with Gasteiger partial charge in [-0.25, -0.2) is 9.97 Å². The van der Waals surface area contributed by atoms with E-state index in [4.69, 9.17) is 0 Å². The van der Waals surface area contributed by atoms with Crippen LogP contribution in [0, 0.1) is 11.8 Å². The molecule has 1 heterocycles. The van der Waals surface area contributed by atoms with E-state index >= 15 is 0 Å². The molecule has 94 valence electrons. The summed E-state index contributed by atoms with van der Waals surface area (Å²) in [6.45, 7) is 5.52. The third-order valence-electron chi connectivity index (χ3n) is 3.49. The lowest BCUT2D eigenvalue weighted by atomic mass is 10.1. The Bertz CT molecular complexity index is 378. The second-order valence-electron chi connectivity index (χ2n) is 4.90. The summed E-state index contributed by atoms with van der Waals surface area (Å²) < 4.78 is 0. The van der Waals surface area contributed by atoms with E-state index in [0.717, 1.165) is 42.9 Å². The van der Waals surface area contributed by atoms with Gasteiger partial charge in [0.15, 0.2) is 0 Å². The molecule has 2 unspecified atom stereocenters. The molecule has 17 heavy (non-hydrogen) atoms. The normalized spacial score (nSPS) is 22.3. The zero-order chi connectivity index (χ0) is 12.3. The molecule has 1 aliphatic carbocycles. The minimum atomic E-state index is 0.831. The molecule has 1 fully saturated rings. The summed E-state index contributed by atoms with van der Waals surface area (Å²) in [5, 5.41) is 6.62. The molecule has 0 bridgehead atoms. The van der Waals surface area contributed by atoms with Gasteiger partial charge in [-0.2, -0.15) is 0 Å². The fourth-order valence-electron chi connectivity index (χ4n) is 2.18. The van der Waals surface area contributed by atoms with Crippen LogP contribution in [0.25, 0.3) is 0 Å². The summed E-state index contributed by atoms with van der Waals surface area (Å²) in [6.07, 6.45) is 5.10. The highest BCUT2D eigenvalue weighted by Crippen LogP contribution is 2.37. The molecule has 0 aliphatic heterocycles. The van der Waals surface area contributed by atoms with E-state index in [9.17, 15) is 0 Å². The smallest absolute Gasteiger partial charge is 0.134 e. The molecule has 2 atom stereocenters.